The molecule has 0 bridgehead atoms. The average Bonchev–Trinajstić information content (AvgIpc) is 3.50. The Hall–Kier alpha value is -2.04. The van der Waals surface area contributed by atoms with E-state index in [0.717, 1.165) is 39.1 Å². The van der Waals surface area contributed by atoms with Crippen LogP contribution in [0.15, 0.2) is 65.8 Å². The predicted octanol–water partition coefficient (Wildman–Crippen LogP) is 5.17. The van der Waals surface area contributed by atoms with Crippen LogP contribution < -0.4 is 0 Å². The zero-order valence-electron chi connectivity index (χ0n) is 14.3. The molecule has 5 heteroatoms. The molecule has 2 aromatic carbocycles. The van der Waals surface area contributed by atoms with Crippen LogP contribution in [0.25, 0.3) is 10.8 Å². The highest BCUT2D eigenvalue weighted by Crippen LogP contribution is 2.34. The summed E-state index contributed by atoms with van der Waals surface area (Å²) in [7, 11) is 0. The third-order valence-corrected chi connectivity index (χ3v) is 5.93. The number of benzene rings is 2. The van der Waals surface area contributed by atoms with Gasteiger partial charge in [0, 0.05) is 40.3 Å². The molecule has 1 heterocycles. The Morgan fingerprint density at radius 2 is 1.85 bits per heavy atom. The third-order valence-electron chi connectivity index (χ3n) is 4.58. The van der Waals surface area contributed by atoms with E-state index in [4.69, 9.17) is 11.6 Å². The van der Waals surface area contributed by atoms with Crippen molar-refractivity contribution in [3.8, 4) is 0 Å². The molecule has 0 unspecified atom stereocenters. The lowest BCUT2D eigenvalue weighted by molar-refractivity contribution is -0.129. The van der Waals surface area contributed by atoms with Crippen LogP contribution >= 0.6 is 23.4 Å². The number of nitrogens with zero attached hydrogens (tertiary/aromatic N) is 2. The third kappa shape index (κ3) is 3.87. The van der Waals surface area contributed by atoms with Gasteiger partial charge >= 0.3 is 0 Å². The van der Waals surface area contributed by atoms with E-state index in [1.165, 1.54) is 0 Å². The predicted molar refractivity (Wildman–Crippen MR) is 107 cm³/mol. The number of halogens is 1. The molecule has 0 saturated heterocycles. The monoisotopic (exact) mass is 382 g/mol. The van der Waals surface area contributed by atoms with Crippen molar-refractivity contribution >= 4 is 40.0 Å². The minimum absolute atomic E-state index is 0.179. The molecule has 0 radical (unpaired) electrons. The molecule has 0 N–H and O–H groups in total. The Balaban J connectivity index is 1.49. The molecule has 0 aliphatic heterocycles. The molecule has 1 amide bonds. The van der Waals surface area contributed by atoms with Crippen molar-refractivity contribution in [3.63, 3.8) is 0 Å². The minimum atomic E-state index is 0.179. The highest BCUT2D eigenvalue weighted by molar-refractivity contribution is 8.00. The van der Waals surface area contributed by atoms with Gasteiger partial charge in [0.25, 0.3) is 0 Å². The molecule has 0 atom stereocenters. The normalized spacial score (nSPS) is 13.7. The van der Waals surface area contributed by atoms with Crippen molar-refractivity contribution in [2.24, 2.45) is 0 Å². The van der Waals surface area contributed by atoms with Gasteiger partial charge in [-0.3, -0.25) is 9.78 Å². The summed E-state index contributed by atoms with van der Waals surface area (Å²) in [6.07, 6.45) is 5.75. The maximum absolute atomic E-state index is 12.9. The molecule has 1 aliphatic carbocycles. The van der Waals surface area contributed by atoms with Crippen LogP contribution in [-0.2, 0) is 11.3 Å². The molecule has 1 aliphatic rings. The highest BCUT2D eigenvalue weighted by atomic mass is 35.5. The average molecular weight is 383 g/mol. The number of hydrogen-bond acceptors (Lipinski definition) is 3. The number of aromatic nitrogens is 1. The number of carbonyl (C=O) groups is 1. The summed E-state index contributed by atoms with van der Waals surface area (Å²) in [5.74, 6) is 0.602. The topological polar surface area (TPSA) is 33.2 Å². The first kappa shape index (κ1) is 17.4. The number of amides is 1. The summed E-state index contributed by atoms with van der Waals surface area (Å²) >= 11 is 7.96. The molecule has 1 saturated carbocycles. The summed E-state index contributed by atoms with van der Waals surface area (Å²) in [5, 5.41) is 2.86. The van der Waals surface area contributed by atoms with E-state index < -0.39 is 0 Å². The lowest BCUT2D eigenvalue weighted by Gasteiger charge is -2.22. The molecule has 132 valence electrons. The molecule has 26 heavy (non-hydrogen) atoms. The van der Waals surface area contributed by atoms with Gasteiger partial charge in [0.05, 0.1) is 5.75 Å². The minimum Gasteiger partial charge on any atom is -0.335 e. The van der Waals surface area contributed by atoms with Crippen molar-refractivity contribution in [1.29, 1.82) is 0 Å². The summed E-state index contributed by atoms with van der Waals surface area (Å²) in [5.41, 5.74) is 1.12. The first-order chi connectivity index (χ1) is 12.7. The summed E-state index contributed by atoms with van der Waals surface area (Å²) in [6, 6.07) is 16.3. The van der Waals surface area contributed by atoms with Crippen LogP contribution in [0.4, 0.5) is 0 Å². The zero-order chi connectivity index (χ0) is 17.9. The summed E-state index contributed by atoms with van der Waals surface area (Å²) in [4.78, 5) is 20.0. The number of carbonyl (C=O) groups excluding carboxylic acids is 1. The Morgan fingerprint density at radius 1 is 1.12 bits per heavy atom. The number of fused-ring (bicyclic) bond motifs is 1. The van der Waals surface area contributed by atoms with E-state index in [1.807, 2.05) is 53.4 Å². The fraction of sp³-hybridized carbons (Fsp3) is 0.238. The molecular formula is C21H19ClN2OS. The Labute approximate surface area is 162 Å². The Bertz CT molecular complexity index is 922. The van der Waals surface area contributed by atoms with E-state index in [2.05, 4.69) is 4.98 Å². The maximum atomic E-state index is 12.9. The second-order valence-corrected chi connectivity index (χ2v) is 7.92. The van der Waals surface area contributed by atoms with Crippen LogP contribution in [0.5, 0.6) is 0 Å². The van der Waals surface area contributed by atoms with Crippen molar-refractivity contribution < 1.29 is 4.79 Å². The van der Waals surface area contributed by atoms with Crippen LogP contribution in [0.1, 0.15) is 18.4 Å². The smallest absolute Gasteiger partial charge is 0.233 e. The molecule has 0 spiro atoms. The van der Waals surface area contributed by atoms with Crippen LogP contribution in [0, 0.1) is 0 Å². The highest BCUT2D eigenvalue weighted by Gasteiger charge is 2.32. The van der Waals surface area contributed by atoms with Gasteiger partial charge < -0.3 is 4.90 Å². The van der Waals surface area contributed by atoms with Gasteiger partial charge in [-0.05, 0) is 48.1 Å². The molecule has 4 rings (SSSR count). The van der Waals surface area contributed by atoms with Crippen molar-refractivity contribution in [2.75, 3.05) is 5.75 Å². The van der Waals surface area contributed by atoms with Crippen LogP contribution in [0.2, 0.25) is 5.02 Å². The summed E-state index contributed by atoms with van der Waals surface area (Å²) < 4.78 is 0. The zero-order valence-corrected chi connectivity index (χ0v) is 15.8. The van der Waals surface area contributed by atoms with E-state index in [1.54, 1.807) is 24.2 Å². The first-order valence-corrected chi connectivity index (χ1v) is 10.1. The number of hydrogen-bond donors (Lipinski definition) is 0. The lowest BCUT2D eigenvalue weighted by Crippen LogP contribution is -2.33. The summed E-state index contributed by atoms with van der Waals surface area (Å²) in [6.45, 7) is 0.656. The maximum Gasteiger partial charge on any atom is 0.233 e. The molecule has 3 aromatic rings. The van der Waals surface area contributed by atoms with Gasteiger partial charge in [-0.2, -0.15) is 0 Å². The van der Waals surface area contributed by atoms with Crippen molar-refractivity contribution in [2.45, 2.75) is 30.3 Å². The molecule has 1 aromatic heterocycles. The Morgan fingerprint density at radius 3 is 2.58 bits per heavy atom. The van der Waals surface area contributed by atoms with Gasteiger partial charge in [0.15, 0.2) is 0 Å². The van der Waals surface area contributed by atoms with E-state index in [0.29, 0.717) is 18.3 Å². The van der Waals surface area contributed by atoms with Crippen molar-refractivity contribution in [3.05, 3.63) is 71.5 Å². The molecule has 3 nitrogen and oxygen atoms in total. The van der Waals surface area contributed by atoms with Crippen molar-refractivity contribution in [1.82, 2.24) is 9.88 Å². The fourth-order valence-corrected chi connectivity index (χ4v) is 4.43. The number of pyridine rings is 1. The van der Waals surface area contributed by atoms with E-state index >= 15 is 0 Å². The first-order valence-electron chi connectivity index (χ1n) is 8.71. The number of thioether (sulfide) groups is 1. The van der Waals surface area contributed by atoms with Gasteiger partial charge in [0.1, 0.15) is 0 Å². The van der Waals surface area contributed by atoms with E-state index in [-0.39, 0.29) is 5.91 Å². The van der Waals surface area contributed by atoms with Gasteiger partial charge in [-0.25, -0.2) is 0 Å². The largest absolute Gasteiger partial charge is 0.335 e. The molecule has 1 fully saturated rings. The standard InChI is InChI=1S/C21H19ClN2OS/c22-18-5-1-3-16-4-2-6-19(21(16)18)26-14-20(25)24(17-7-8-17)13-15-9-11-23-12-10-15/h1-6,9-12,17H,7-8,13-14H2. The number of rotatable bonds is 6. The Kier molecular flexibility index (Phi) is 5.14. The van der Waals surface area contributed by atoms with Crippen LogP contribution in [0.3, 0.4) is 0 Å². The SMILES string of the molecule is O=C(CSc1cccc2cccc(Cl)c12)N(Cc1ccncc1)C1CC1. The van der Waals surface area contributed by atoms with E-state index in [9.17, 15) is 4.79 Å². The fourth-order valence-electron chi connectivity index (χ4n) is 3.10. The van der Waals surface area contributed by atoms with Crippen LogP contribution in [-0.4, -0.2) is 27.6 Å². The lowest BCUT2D eigenvalue weighted by atomic mass is 10.1. The second kappa shape index (κ2) is 7.68. The van der Waals surface area contributed by atoms with Gasteiger partial charge in [-0.15, -0.1) is 11.8 Å². The quantitative estimate of drug-likeness (QED) is 0.551. The van der Waals surface area contributed by atoms with Gasteiger partial charge in [-0.1, -0.05) is 35.9 Å². The second-order valence-electron chi connectivity index (χ2n) is 6.49. The molecular weight excluding hydrogens is 364 g/mol. The van der Waals surface area contributed by atoms with Gasteiger partial charge in [0.2, 0.25) is 5.91 Å².